The number of hydrogen-bond donors (Lipinski definition) is 0. The smallest absolute Gasteiger partial charge is 0.0961 e. The fourth-order valence-electron chi connectivity index (χ4n) is 2.22. The van der Waals surface area contributed by atoms with Crippen LogP contribution < -0.4 is 0 Å². The summed E-state index contributed by atoms with van der Waals surface area (Å²) in [5, 5.41) is 9.17. The molecule has 1 aliphatic rings. The molecule has 0 N–H and O–H groups in total. The van der Waals surface area contributed by atoms with Crippen LogP contribution >= 0.6 is 12.4 Å². The van der Waals surface area contributed by atoms with Crippen LogP contribution in [0.5, 0.6) is 0 Å². The molecule has 0 unspecified atom stereocenters. The highest BCUT2D eigenvalue weighted by molar-refractivity contribution is 5.85. The maximum atomic E-state index is 9.17. The summed E-state index contributed by atoms with van der Waals surface area (Å²) in [5.41, 5.74) is 1.97. The van der Waals surface area contributed by atoms with Gasteiger partial charge in [-0.05, 0) is 37.6 Å². The molecule has 3 heteroatoms. The average molecular weight is 263 g/mol. The number of piperidine rings is 1. The first kappa shape index (κ1) is 14.8. The Morgan fingerprint density at radius 1 is 1.17 bits per heavy atom. The Balaban J connectivity index is 0.00000162. The van der Waals surface area contributed by atoms with Gasteiger partial charge < -0.3 is 0 Å². The monoisotopic (exact) mass is 262 g/mol. The van der Waals surface area contributed by atoms with Crippen LogP contribution in [0.1, 0.15) is 24.8 Å². The van der Waals surface area contributed by atoms with Crippen LogP contribution in [0.4, 0.5) is 0 Å². The summed E-state index contributed by atoms with van der Waals surface area (Å²) in [6, 6.07) is 12.4. The normalized spacial score (nSPS) is 16.7. The van der Waals surface area contributed by atoms with Crippen molar-refractivity contribution in [3.63, 3.8) is 0 Å². The van der Waals surface area contributed by atoms with Gasteiger partial charge in [-0.25, -0.2) is 0 Å². The van der Waals surface area contributed by atoms with Gasteiger partial charge in [0, 0.05) is 12.1 Å². The molecule has 96 valence electrons. The van der Waals surface area contributed by atoms with Crippen LogP contribution in [0.2, 0.25) is 0 Å². The van der Waals surface area contributed by atoms with Crippen LogP contribution in [0.3, 0.4) is 0 Å². The summed E-state index contributed by atoms with van der Waals surface area (Å²) in [7, 11) is 0. The van der Waals surface area contributed by atoms with Gasteiger partial charge in [0.15, 0.2) is 0 Å². The topological polar surface area (TPSA) is 27.0 Å². The number of rotatable bonds is 3. The summed E-state index contributed by atoms with van der Waals surface area (Å²) in [4.78, 5) is 2.38. The van der Waals surface area contributed by atoms with Crippen LogP contribution in [0.25, 0.3) is 6.08 Å². The number of hydrogen-bond acceptors (Lipinski definition) is 2. The van der Waals surface area contributed by atoms with Gasteiger partial charge in [-0.1, -0.05) is 36.8 Å². The minimum atomic E-state index is 0. The minimum Gasteiger partial charge on any atom is -0.298 e. The van der Waals surface area contributed by atoms with E-state index < -0.39 is 0 Å². The summed E-state index contributed by atoms with van der Waals surface area (Å²) in [6.07, 6.45) is 5.86. The lowest BCUT2D eigenvalue weighted by Crippen LogP contribution is -2.31. The largest absolute Gasteiger partial charge is 0.298 e. The summed E-state index contributed by atoms with van der Waals surface area (Å²) in [5.74, 6) is 0. The number of benzene rings is 1. The number of nitrogens with zero attached hydrogens (tertiary/aromatic N) is 2. The zero-order chi connectivity index (χ0) is 11.9. The van der Waals surface area contributed by atoms with E-state index >= 15 is 0 Å². The molecule has 2 rings (SSSR count). The lowest BCUT2D eigenvalue weighted by Gasteiger charge is -2.25. The number of likely N-dealkylation sites (tertiary alicyclic amines) is 1. The predicted octanol–water partition coefficient (Wildman–Crippen LogP) is 3.50. The van der Waals surface area contributed by atoms with E-state index in [-0.39, 0.29) is 12.4 Å². The lowest BCUT2D eigenvalue weighted by atomic mass is 10.1. The highest BCUT2D eigenvalue weighted by atomic mass is 35.5. The molecule has 0 radical (unpaired) electrons. The van der Waals surface area contributed by atoms with E-state index in [1.807, 2.05) is 36.4 Å². The fourth-order valence-corrected chi connectivity index (χ4v) is 2.22. The third-order valence-electron chi connectivity index (χ3n) is 3.13. The van der Waals surface area contributed by atoms with Crippen LogP contribution in [-0.2, 0) is 0 Å². The first-order valence-electron chi connectivity index (χ1n) is 6.26. The van der Waals surface area contributed by atoms with Gasteiger partial charge in [0.2, 0.25) is 0 Å². The van der Waals surface area contributed by atoms with Gasteiger partial charge in [-0.2, -0.15) is 5.26 Å². The van der Waals surface area contributed by atoms with Gasteiger partial charge in [0.1, 0.15) is 0 Å². The van der Waals surface area contributed by atoms with E-state index in [0.717, 1.165) is 30.8 Å². The van der Waals surface area contributed by atoms with Gasteiger partial charge in [-0.3, -0.25) is 4.90 Å². The van der Waals surface area contributed by atoms with E-state index in [9.17, 15) is 5.26 Å². The second kappa shape index (κ2) is 7.92. The Morgan fingerprint density at radius 3 is 2.44 bits per heavy atom. The molecule has 0 aromatic heterocycles. The van der Waals surface area contributed by atoms with E-state index in [1.165, 1.54) is 19.3 Å². The van der Waals surface area contributed by atoms with Crippen molar-refractivity contribution in [3.8, 4) is 6.07 Å². The standard InChI is InChI=1S/C15H18N2.ClH/c16-12-15(11-14-7-3-1-4-8-14)13-17-9-5-2-6-10-17;/h1,3-4,7-8,11H,2,5-6,9-10,13H2;1H. The molecular formula is C15H19ClN2. The molecule has 2 nitrogen and oxygen atoms in total. The quantitative estimate of drug-likeness (QED) is 0.780. The zero-order valence-corrected chi connectivity index (χ0v) is 11.3. The van der Waals surface area contributed by atoms with Crippen molar-refractivity contribution in [3.05, 3.63) is 41.5 Å². The van der Waals surface area contributed by atoms with E-state index in [2.05, 4.69) is 11.0 Å². The summed E-state index contributed by atoms with van der Waals surface area (Å²) in [6.45, 7) is 3.06. The Morgan fingerprint density at radius 2 is 1.83 bits per heavy atom. The lowest BCUT2D eigenvalue weighted by molar-refractivity contribution is 0.249. The van der Waals surface area contributed by atoms with E-state index in [1.54, 1.807) is 0 Å². The van der Waals surface area contributed by atoms with E-state index in [4.69, 9.17) is 0 Å². The molecule has 0 atom stereocenters. The Labute approximate surface area is 115 Å². The van der Waals surface area contributed by atoms with Gasteiger partial charge in [0.25, 0.3) is 0 Å². The Kier molecular flexibility index (Phi) is 6.49. The second-order valence-corrected chi connectivity index (χ2v) is 4.53. The molecule has 0 spiro atoms. The summed E-state index contributed by atoms with van der Waals surface area (Å²) >= 11 is 0. The van der Waals surface area contributed by atoms with Crippen molar-refractivity contribution in [1.29, 1.82) is 5.26 Å². The fraction of sp³-hybridized carbons (Fsp3) is 0.400. The average Bonchev–Trinajstić information content (AvgIpc) is 2.40. The second-order valence-electron chi connectivity index (χ2n) is 4.53. The van der Waals surface area contributed by atoms with Crippen molar-refractivity contribution < 1.29 is 0 Å². The molecular weight excluding hydrogens is 244 g/mol. The number of nitriles is 1. The highest BCUT2D eigenvalue weighted by Gasteiger charge is 2.11. The highest BCUT2D eigenvalue weighted by Crippen LogP contribution is 2.12. The summed E-state index contributed by atoms with van der Waals surface area (Å²) < 4.78 is 0. The predicted molar refractivity (Wildman–Crippen MR) is 77.6 cm³/mol. The third kappa shape index (κ3) is 4.52. The van der Waals surface area contributed by atoms with E-state index in [0.29, 0.717) is 0 Å². The molecule has 1 fully saturated rings. The van der Waals surface area contributed by atoms with Gasteiger partial charge >= 0.3 is 0 Å². The van der Waals surface area contributed by atoms with Crippen molar-refractivity contribution in [2.24, 2.45) is 0 Å². The Hall–Kier alpha value is -1.30. The van der Waals surface area contributed by atoms with Crippen LogP contribution in [-0.4, -0.2) is 24.5 Å². The van der Waals surface area contributed by atoms with Crippen molar-refractivity contribution in [1.82, 2.24) is 4.90 Å². The number of halogens is 1. The molecule has 1 aromatic carbocycles. The SMILES string of the molecule is Cl.N#CC(=Cc1ccccc1)CN1CCCCC1. The first-order chi connectivity index (χ1) is 8.38. The zero-order valence-electron chi connectivity index (χ0n) is 10.5. The molecule has 18 heavy (non-hydrogen) atoms. The molecule has 1 heterocycles. The van der Waals surface area contributed by atoms with Gasteiger partial charge in [-0.15, -0.1) is 12.4 Å². The molecule has 0 aliphatic carbocycles. The van der Waals surface area contributed by atoms with Crippen LogP contribution in [0, 0.1) is 11.3 Å². The molecule has 1 aliphatic heterocycles. The van der Waals surface area contributed by atoms with Crippen molar-refractivity contribution in [2.45, 2.75) is 19.3 Å². The molecule has 0 saturated carbocycles. The maximum Gasteiger partial charge on any atom is 0.0961 e. The minimum absolute atomic E-state index is 0. The first-order valence-corrected chi connectivity index (χ1v) is 6.26. The van der Waals surface area contributed by atoms with Gasteiger partial charge in [0.05, 0.1) is 6.07 Å². The molecule has 1 aromatic rings. The van der Waals surface area contributed by atoms with Crippen molar-refractivity contribution in [2.75, 3.05) is 19.6 Å². The molecule has 0 amide bonds. The molecule has 1 saturated heterocycles. The Bertz CT molecular complexity index is 414. The third-order valence-corrected chi connectivity index (χ3v) is 3.13. The maximum absolute atomic E-state index is 9.17. The van der Waals surface area contributed by atoms with Crippen LogP contribution in [0.15, 0.2) is 35.9 Å². The molecule has 0 bridgehead atoms. The van der Waals surface area contributed by atoms with Crippen molar-refractivity contribution >= 4 is 18.5 Å².